The molecule has 0 N–H and O–H groups in total. The van der Waals surface area contributed by atoms with E-state index in [1.807, 2.05) is 6.20 Å². The fourth-order valence-electron chi connectivity index (χ4n) is 3.41. The van der Waals surface area contributed by atoms with Crippen LogP contribution in [0.4, 0.5) is 11.4 Å². The lowest BCUT2D eigenvalue weighted by Crippen LogP contribution is -2.26. The van der Waals surface area contributed by atoms with E-state index in [0.717, 1.165) is 18.9 Å². The van der Waals surface area contributed by atoms with Crippen molar-refractivity contribution in [3.05, 3.63) is 40.7 Å². The summed E-state index contributed by atoms with van der Waals surface area (Å²) in [4.78, 5) is 14.9. The lowest BCUT2D eigenvalue weighted by atomic mass is 10.1. The first-order valence-corrected chi connectivity index (χ1v) is 10.2. The molecule has 0 atom stereocenters. The van der Waals surface area contributed by atoms with Gasteiger partial charge in [-0.25, -0.2) is 0 Å². The molecule has 0 radical (unpaired) electrons. The summed E-state index contributed by atoms with van der Waals surface area (Å²) >= 11 is 0. The second kappa shape index (κ2) is 11.5. The highest BCUT2D eigenvalue weighted by molar-refractivity contribution is 5.64. The Bertz CT molecular complexity index is 619. The van der Waals surface area contributed by atoms with E-state index in [9.17, 15) is 10.1 Å². The highest BCUT2D eigenvalue weighted by atomic mass is 16.6. The van der Waals surface area contributed by atoms with Gasteiger partial charge in [0.2, 0.25) is 0 Å². The van der Waals surface area contributed by atoms with Crippen molar-refractivity contribution < 1.29 is 9.66 Å². The van der Waals surface area contributed by atoms with Gasteiger partial charge in [-0.2, -0.15) is 0 Å². The molecular weight excluding hydrogens is 342 g/mol. The minimum Gasteiger partial charge on any atom is -0.494 e. The van der Waals surface area contributed by atoms with Crippen molar-refractivity contribution in [1.82, 2.24) is 4.90 Å². The van der Waals surface area contributed by atoms with Crippen molar-refractivity contribution in [1.29, 1.82) is 0 Å². The van der Waals surface area contributed by atoms with Crippen molar-refractivity contribution in [2.24, 2.45) is 0 Å². The van der Waals surface area contributed by atoms with E-state index < -0.39 is 4.92 Å². The summed E-state index contributed by atoms with van der Waals surface area (Å²) in [5, 5.41) is 10.9. The van der Waals surface area contributed by atoms with Gasteiger partial charge in [-0.15, -0.1) is 0 Å². The van der Waals surface area contributed by atoms with E-state index >= 15 is 0 Å². The molecule has 1 aliphatic rings. The monoisotopic (exact) mass is 375 g/mol. The molecule has 150 valence electrons. The van der Waals surface area contributed by atoms with E-state index in [2.05, 4.69) is 22.9 Å². The SMILES string of the molecule is CCCCCCCCCCCN1C=CN(c2ccc([N+](=O)[O-])cc2OC)C1. The van der Waals surface area contributed by atoms with Crippen molar-refractivity contribution in [3.8, 4) is 5.75 Å². The summed E-state index contributed by atoms with van der Waals surface area (Å²) in [5.41, 5.74) is 0.902. The number of ether oxygens (including phenoxy) is 1. The topological polar surface area (TPSA) is 58.9 Å². The lowest BCUT2D eigenvalue weighted by Gasteiger charge is -2.22. The number of hydrogen-bond donors (Lipinski definition) is 0. The third-order valence-corrected chi connectivity index (χ3v) is 5.02. The number of hydrogen-bond acceptors (Lipinski definition) is 5. The zero-order valence-corrected chi connectivity index (χ0v) is 16.7. The van der Waals surface area contributed by atoms with Crippen LogP contribution >= 0.6 is 0 Å². The first-order valence-electron chi connectivity index (χ1n) is 10.2. The molecule has 27 heavy (non-hydrogen) atoms. The summed E-state index contributed by atoms with van der Waals surface area (Å²) in [6, 6.07) is 4.75. The van der Waals surface area contributed by atoms with Crippen molar-refractivity contribution in [2.45, 2.75) is 64.7 Å². The summed E-state index contributed by atoms with van der Waals surface area (Å²) in [5.74, 6) is 0.527. The first-order chi connectivity index (χ1) is 13.2. The molecule has 0 aromatic heterocycles. The zero-order valence-electron chi connectivity index (χ0n) is 16.7. The number of benzene rings is 1. The Morgan fingerprint density at radius 3 is 2.33 bits per heavy atom. The van der Waals surface area contributed by atoms with Gasteiger partial charge in [-0.3, -0.25) is 10.1 Å². The quantitative estimate of drug-likeness (QED) is 0.252. The van der Waals surface area contributed by atoms with Crippen LogP contribution < -0.4 is 9.64 Å². The first kappa shape index (κ1) is 21.1. The summed E-state index contributed by atoms with van der Waals surface area (Å²) in [6.45, 7) is 4.05. The van der Waals surface area contributed by atoms with Crippen molar-refractivity contribution in [2.75, 3.05) is 25.2 Å². The van der Waals surface area contributed by atoms with Crippen LogP contribution in [0.15, 0.2) is 30.6 Å². The maximum atomic E-state index is 10.9. The Morgan fingerprint density at radius 2 is 1.70 bits per heavy atom. The number of nitro groups is 1. The Balaban J connectivity index is 1.68. The van der Waals surface area contributed by atoms with Gasteiger partial charge in [0.25, 0.3) is 5.69 Å². The predicted molar refractivity (Wildman–Crippen MR) is 110 cm³/mol. The van der Waals surface area contributed by atoms with E-state index in [1.54, 1.807) is 13.2 Å². The summed E-state index contributed by atoms with van der Waals surface area (Å²) in [7, 11) is 1.54. The number of anilines is 1. The molecule has 0 bridgehead atoms. The Morgan fingerprint density at radius 1 is 1.04 bits per heavy atom. The molecule has 1 aromatic rings. The molecule has 0 saturated carbocycles. The Kier molecular flexibility index (Phi) is 8.95. The molecule has 2 rings (SSSR count). The van der Waals surface area contributed by atoms with Gasteiger partial charge in [-0.05, 0) is 12.5 Å². The van der Waals surface area contributed by atoms with Gasteiger partial charge in [0, 0.05) is 25.0 Å². The second-order valence-corrected chi connectivity index (χ2v) is 7.16. The van der Waals surface area contributed by atoms with Crippen molar-refractivity contribution >= 4 is 11.4 Å². The van der Waals surface area contributed by atoms with E-state index in [1.165, 1.54) is 69.9 Å². The summed E-state index contributed by atoms with van der Waals surface area (Å²) in [6.07, 6.45) is 16.1. The van der Waals surface area contributed by atoms with Crippen LogP contribution in [0.3, 0.4) is 0 Å². The van der Waals surface area contributed by atoms with Gasteiger partial charge in [0.15, 0.2) is 0 Å². The molecule has 0 unspecified atom stereocenters. The van der Waals surface area contributed by atoms with Crippen LogP contribution in [-0.4, -0.2) is 30.1 Å². The minimum atomic E-state index is -0.401. The Labute approximate surface area is 162 Å². The lowest BCUT2D eigenvalue weighted by molar-refractivity contribution is -0.384. The van der Waals surface area contributed by atoms with Gasteiger partial charge in [0.05, 0.1) is 30.5 Å². The van der Waals surface area contributed by atoms with Gasteiger partial charge in [-0.1, -0.05) is 58.3 Å². The number of nitrogens with zero attached hydrogens (tertiary/aromatic N) is 3. The largest absolute Gasteiger partial charge is 0.494 e. The van der Waals surface area contributed by atoms with Crippen molar-refractivity contribution in [3.63, 3.8) is 0 Å². The highest BCUT2D eigenvalue weighted by Gasteiger charge is 2.19. The number of unbranched alkanes of at least 4 members (excludes halogenated alkanes) is 8. The third-order valence-electron chi connectivity index (χ3n) is 5.02. The molecule has 6 heteroatoms. The van der Waals surface area contributed by atoms with Crippen LogP contribution in [0.1, 0.15) is 64.7 Å². The average molecular weight is 376 g/mol. The average Bonchev–Trinajstić information content (AvgIpc) is 3.14. The molecule has 6 nitrogen and oxygen atoms in total. The van der Waals surface area contributed by atoms with Crippen LogP contribution in [0.5, 0.6) is 5.75 Å². The Hall–Kier alpha value is -2.24. The third kappa shape index (κ3) is 6.77. The van der Waals surface area contributed by atoms with Gasteiger partial charge >= 0.3 is 0 Å². The smallest absolute Gasteiger partial charge is 0.273 e. The second-order valence-electron chi connectivity index (χ2n) is 7.16. The zero-order chi connectivity index (χ0) is 19.5. The van der Waals surface area contributed by atoms with Crippen LogP contribution in [0, 0.1) is 10.1 Å². The fraction of sp³-hybridized carbons (Fsp3) is 0.619. The molecule has 1 aromatic carbocycles. The van der Waals surface area contributed by atoms with Gasteiger partial charge in [0.1, 0.15) is 5.75 Å². The minimum absolute atomic E-state index is 0.0466. The molecule has 0 fully saturated rings. The molecule has 0 spiro atoms. The van der Waals surface area contributed by atoms with Crippen LogP contribution in [0.2, 0.25) is 0 Å². The number of non-ortho nitro benzene ring substituents is 1. The highest BCUT2D eigenvalue weighted by Crippen LogP contribution is 2.33. The number of rotatable bonds is 13. The summed E-state index contributed by atoms with van der Waals surface area (Å²) < 4.78 is 5.35. The fourth-order valence-corrected chi connectivity index (χ4v) is 3.41. The molecular formula is C21H33N3O3. The normalized spacial score (nSPS) is 13.4. The molecule has 1 aliphatic heterocycles. The standard InChI is InChI=1S/C21H33N3O3/c1-3-4-5-6-7-8-9-10-11-14-22-15-16-23(18-22)20-13-12-19(24(25)26)17-21(20)27-2/h12-13,15-17H,3-11,14,18H2,1-2H3. The van der Waals surface area contributed by atoms with E-state index in [-0.39, 0.29) is 5.69 Å². The number of methoxy groups -OCH3 is 1. The van der Waals surface area contributed by atoms with Crippen LogP contribution in [-0.2, 0) is 0 Å². The van der Waals surface area contributed by atoms with E-state index in [4.69, 9.17) is 4.74 Å². The molecule has 1 heterocycles. The van der Waals surface area contributed by atoms with Crippen LogP contribution in [0.25, 0.3) is 0 Å². The maximum absolute atomic E-state index is 10.9. The predicted octanol–water partition coefficient (Wildman–Crippen LogP) is 5.68. The molecule has 0 saturated heterocycles. The number of nitro benzene ring substituents is 1. The molecule has 0 aliphatic carbocycles. The molecule has 0 amide bonds. The maximum Gasteiger partial charge on any atom is 0.273 e. The van der Waals surface area contributed by atoms with E-state index in [0.29, 0.717) is 5.75 Å². The van der Waals surface area contributed by atoms with Gasteiger partial charge < -0.3 is 14.5 Å².